The minimum Gasteiger partial charge on any atom is -0.493 e. The molecule has 0 aliphatic carbocycles. The summed E-state index contributed by atoms with van der Waals surface area (Å²) >= 11 is 1.51. The highest BCUT2D eigenvalue weighted by molar-refractivity contribution is 7.19. The lowest BCUT2D eigenvalue weighted by Crippen LogP contribution is -2.02. The summed E-state index contributed by atoms with van der Waals surface area (Å²) in [5, 5.41) is 13.5. The predicted molar refractivity (Wildman–Crippen MR) is 111 cm³/mol. The van der Waals surface area contributed by atoms with E-state index in [9.17, 15) is 14.3 Å². The number of rotatable bonds is 3. The lowest BCUT2D eigenvalue weighted by atomic mass is 10.1. The second-order valence-electron chi connectivity index (χ2n) is 7.03. The molecule has 0 fully saturated rings. The van der Waals surface area contributed by atoms with Crippen LogP contribution in [-0.2, 0) is 6.42 Å². The molecule has 1 aliphatic rings. The first-order chi connectivity index (χ1) is 14.5. The molecule has 4 aromatic rings. The molecule has 0 atom stereocenters. The van der Waals surface area contributed by atoms with Crippen LogP contribution >= 0.6 is 11.3 Å². The van der Waals surface area contributed by atoms with Gasteiger partial charge >= 0.3 is 5.97 Å². The summed E-state index contributed by atoms with van der Waals surface area (Å²) in [7, 11) is 0. The molecule has 0 saturated carbocycles. The van der Waals surface area contributed by atoms with Gasteiger partial charge in [0.1, 0.15) is 23.6 Å². The largest absolute Gasteiger partial charge is 0.493 e. The lowest BCUT2D eigenvalue weighted by molar-refractivity contribution is 0.0696. The summed E-state index contributed by atoms with van der Waals surface area (Å²) in [5.41, 5.74) is 3.28. The van der Waals surface area contributed by atoms with Crippen LogP contribution in [-0.4, -0.2) is 32.4 Å². The van der Waals surface area contributed by atoms with Crippen LogP contribution in [0.2, 0.25) is 0 Å². The lowest BCUT2D eigenvalue weighted by Gasteiger charge is -2.08. The van der Waals surface area contributed by atoms with E-state index in [0.717, 1.165) is 26.4 Å². The molecule has 30 heavy (non-hydrogen) atoms. The van der Waals surface area contributed by atoms with Crippen LogP contribution in [0.15, 0.2) is 48.8 Å². The summed E-state index contributed by atoms with van der Waals surface area (Å²) in [4.78, 5) is 17.5. The number of ether oxygens (including phenoxy) is 1. The quantitative estimate of drug-likeness (QED) is 0.517. The first kappa shape index (κ1) is 18.5. The van der Waals surface area contributed by atoms with E-state index >= 15 is 0 Å². The number of hydrogen-bond donors (Lipinski definition) is 1. The van der Waals surface area contributed by atoms with Gasteiger partial charge in [-0.3, -0.25) is 0 Å². The maximum Gasteiger partial charge on any atom is 0.335 e. The molecule has 0 radical (unpaired) electrons. The van der Waals surface area contributed by atoms with Gasteiger partial charge in [0.15, 0.2) is 5.82 Å². The number of aromatic nitrogens is 3. The number of halogens is 1. The van der Waals surface area contributed by atoms with Gasteiger partial charge < -0.3 is 9.84 Å². The number of carboxylic acids is 1. The SMILES string of the molecule is Cc1ccc(-n2ncnc2-c2cc3c(s2)-c2ccc(C(=O)O)cc2OCC3)c(F)c1. The third-order valence-electron chi connectivity index (χ3n) is 5.01. The molecule has 3 heterocycles. The Labute approximate surface area is 175 Å². The summed E-state index contributed by atoms with van der Waals surface area (Å²) in [6, 6.07) is 11.9. The predicted octanol–water partition coefficient (Wildman–Crippen LogP) is 4.74. The average molecular weight is 421 g/mol. The van der Waals surface area contributed by atoms with Crippen LogP contribution in [0.5, 0.6) is 5.75 Å². The Kier molecular flexibility index (Phi) is 4.36. The third-order valence-corrected chi connectivity index (χ3v) is 6.22. The molecule has 8 heteroatoms. The Bertz CT molecular complexity index is 1290. The van der Waals surface area contributed by atoms with Gasteiger partial charge in [-0.15, -0.1) is 11.3 Å². The molecule has 0 amide bonds. The molecule has 0 saturated heterocycles. The van der Waals surface area contributed by atoms with Crippen LogP contribution in [0.1, 0.15) is 21.5 Å². The van der Waals surface area contributed by atoms with Crippen molar-refractivity contribution in [3.8, 4) is 32.6 Å². The van der Waals surface area contributed by atoms with E-state index in [-0.39, 0.29) is 11.4 Å². The van der Waals surface area contributed by atoms with Crippen LogP contribution in [0, 0.1) is 12.7 Å². The second kappa shape index (κ2) is 7.07. The van der Waals surface area contributed by atoms with E-state index in [0.29, 0.717) is 30.3 Å². The van der Waals surface area contributed by atoms with Crippen molar-refractivity contribution in [1.82, 2.24) is 14.8 Å². The van der Waals surface area contributed by atoms with E-state index < -0.39 is 5.97 Å². The minimum atomic E-state index is -0.994. The Morgan fingerprint density at radius 1 is 1.23 bits per heavy atom. The highest BCUT2D eigenvalue weighted by Crippen LogP contribution is 2.44. The molecule has 5 rings (SSSR count). The molecular formula is C22H16FN3O3S. The summed E-state index contributed by atoms with van der Waals surface area (Å²) in [6.07, 6.45) is 2.09. The molecular weight excluding hydrogens is 405 g/mol. The van der Waals surface area contributed by atoms with Crippen LogP contribution in [0.25, 0.3) is 26.8 Å². The van der Waals surface area contributed by atoms with E-state index in [4.69, 9.17) is 4.74 Å². The highest BCUT2D eigenvalue weighted by atomic mass is 32.1. The molecule has 1 N–H and O–H groups in total. The average Bonchev–Trinajstić information content (AvgIpc) is 3.32. The zero-order valence-electron chi connectivity index (χ0n) is 15.9. The van der Waals surface area contributed by atoms with Gasteiger partial charge in [-0.2, -0.15) is 5.10 Å². The Hall–Kier alpha value is -3.52. The topological polar surface area (TPSA) is 77.2 Å². The van der Waals surface area contributed by atoms with Gasteiger partial charge in [-0.1, -0.05) is 6.07 Å². The van der Waals surface area contributed by atoms with Crippen molar-refractivity contribution in [3.05, 3.63) is 71.3 Å². The van der Waals surface area contributed by atoms with E-state index in [1.54, 1.807) is 24.3 Å². The number of aryl methyl sites for hydroxylation is 1. The second-order valence-corrected chi connectivity index (χ2v) is 8.08. The molecule has 2 aromatic heterocycles. The third kappa shape index (κ3) is 3.05. The maximum atomic E-state index is 14.5. The summed E-state index contributed by atoms with van der Waals surface area (Å²) in [5.74, 6) is -0.251. The van der Waals surface area contributed by atoms with Gasteiger partial charge in [0.05, 0.1) is 17.0 Å². The zero-order chi connectivity index (χ0) is 20.8. The zero-order valence-corrected chi connectivity index (χ0v) is 16.7. The summed E-state index contributed by atoms with van der Waals surface area (Å²) in [6.45, 7) is 2.28. The van der Waals surface area contributed by atoms with Gasteiger partial charge in [0.2, 0.25) is 0 Å². The number of carbonyl (C=O) groups is 1. The number of nitrogens with zero attached hydrogens (tertiary/aromatic N) is 3. The summed E-state index contributed by atoms with van der Waals surface area (Å²) < 4.78 is 21.8. The number of benzene rings is 2. The van der Waals surface area contributed by atoms with Crippen LogP contribution in [0.4, 0.5) is 4.39 Å². The van der Waals surface area contributed by atoms with Crippen LogP contribution in [0.3, 0.4) is 0 Å². The van der Waals surface area contributed by atoms with Crippen molar-refractivity contribution >= 4 is 17.3 Å². The molecule has 150 valence electrons. The van der Waals surface area contributed by atoms with Crippen molar-refractivity contribution in [3.63, 3.8) is 0 Å². The fourth-order valence-electron chi connectivity index (χ4n) is 3.56. The number of carboxylic acid groups (broad SMARTS) is 1. The smallest absolute Gasteiger partial charge is 0.335 e. The Morgan fingerprint density at radius 3 is 2.90 bits per heavy atom. The Balaban J connectivity index is 1.62. The number of thiophene rings is 1. The van der Waals surface area contributed by atoms with Crippen molar-refractivity contribution < 1.29 is 19.0 Å². The van der Waals surface area contributed by atoms with Crippen molar-refractivity contribution in [2.24, 2.45) is 0 Å². The van der Waals surface area contributed by atoms with Crippen molar-refractivity contribution in [2.45, 2.75) is 13.3 Å². The molecule has 0 unspecified atom stereocenters. The Morgan fingerprint density at radius 2 is 2.10 bits per heavy atom. The molecule has 2 aromatic carbocycles. The van der Waals surface area contributed by atoms with Gasteiger partial charge in [0, 0.05) is 16.9 Å². The van der Waals surface area contributed by atoms with Gasteiger partial charge in [0.25, 0.3) is 0 Å². The van der Waals surface area contributed by atoms with E-state index in [2.05, 4.69) is 10.1 Å². The number of fused-ring (bicyclic) bond motifs is 3. The number of hydrogen-bond acceptors (Lipinski definition) is 5. The fourth-order valence-corrected chi connectivity index (χ4v) is 4.78. The van der Waals surface area contributed by atoms with Crippen LogP contribution < -0.4 is 4.74 Å². The number of aromatic carboxylic acids is 1. The van der Waals surface area contributed by atoms with Crippen molar-refractivity contribution in [1.29, 1.82) is 0 Å². The molecule has 0 bridgehead atoms. The van der Waals surface area contributed by atoms with Gasteiger partial charge in [-0.05, 0) is 54.4 Å². The van der Waals surface area contributed by atoms with Crippen molar-refractivity contribution in [2.75, 3.05) is 6.61 Å². The van der Waals surface area contributed by atoms with E-state index in [1.165, 1.54) is 28.4 Å². The normalized spacial score (nSPS) is 12.6. The monoisotopic (exact) mass is 421 g/mol. The standard InChI is InChI=1S/C22H16FN3O3S/c1-12-2-5-17(16(23)8-12)26-21(24-11-25-26)19-10-13-6-7-29-18-9-14(22(27)28)3-4-15(18)20(13)30-19/h2-5,8-11H,6-7H2,1H3,(H,27,28). The van der Waals surface area contributed by atoms with E-state index in [1.807, 2.05) is 19.1 Å². The highest BCUT2D eigenvalue weighted by Gasteiger charge is 2.23. The fraction of sp³-hybridized carbons (Fsp3) is 0.136. The van der Waals surface area contributed by atoms with Gasteiger partial charge in [-0.25, -0.2) is 18.9 Å². The maximum absolute atomic E-state index is 14.5. The first-order valence-corrected chi connectivity index (χ1v) is 10.1. The molecule has 6 nitrogen and oxygen atoms in total. The molecule has 1 aliphatic heterocycles. The molecule has 0 spiro atoms. The first-order valence-electron chi connectivity index (χ1n) is 9.31. The minimum absolute atomic E-state index is 0.184.